The summed E-state index contributed by atoms with van der Waals surface area (Å²) in [6, 6.07) is 9.66. The van der Waals surface area contributed by atoms with Crippen LogP contribution in [0, 0.1) is 0 Å². The number of hydrogen-bond donors (Lipinski definition) is 3. The number of methoxy groups -OCH3 is 1. The van der Waals surface area contributed by atoms with Gasteiger partial charge in [0.05, 0.1) is 6.61 Å². The van der Waals surface area contributed by atoms with Crippen LogP contribution in [0.2, 0.25) is 0 Å². The lowest BCUT2D eigenvalue weighted by molar-refractivity contribution is 0.195. The van der Waals surface area contributed by atoms with E-state index in [0.29, 0.717) is 26.1 Å². The van der Waals surface area contributed by atoms with Gasteiger partial charge in [-0.25, -0.2) is 4.79 Å². The molecule has 1 aromatic rings. The number of benzene rings is 1. The summed E-state index contributed by atoms with van der Waals surface area (Å²) >= 11 is 0. The fraction of sp³-hybridized carbons (Fsp3) is 0.500. The predicted octanol–water partition coefficient (Wildman–Crippen LogP) is 1.10. The summed E-state index contributed by atoms with van der Waals surface area (Å²) in [5.41, 5.74) is 1.12. The maximum atomic E-state index is 11.5. The normalized spacial score (nSPS) is 11.9. The standard InChI is InChI=1S/C14H22N2O3/c1-19-10-8-15-14(18)16-11-13(7-9-17)12-5-3-2-4-6-12/h2-6,13,17H,7-11H2,1H3,(H2,15,16,18)/t13-/m0/s1. The molecule has 0 radical (unpaired) electrons. The summed E-state index contributed by atoms with van der Waals surface area (Å²) in [5.74, 6) is 0.124. The molecule has 0 saturated carbocycles. The van der Waals surface area contributed by atoms with Crippen LogP contribution in [0.5, 0.6) is 0 Å². The Morgan fingerprint density at radius 3 is 2.68 bits per heavy atom. The van der Waals surface area contributed by atoms with Crippen LogP contribution < -0.4 is 10.6 Å². The van der Waals surface area contributed by atoms with E-state index in [1.807, 2.05) is 30.3 Å². The highest BCUT2D eigenvalue weighted by molar-refractivity contribution is 5.73. The maximum absolute atomic E-state index is 11.5. The Morgan fingerprint density at radius 1 is 1.32 bits per heavy atom. The molecular weight excluding hydrogens is 244 g/mol. The second-order valence-electron chi connectivity index (χ2n) is 4.25. The van der Waals surface area contributed by atoms with Crippen LogP contribution in [0.25, 0.3) is 0 Å². The third kappa shape index (κ3) is 6.22. The van der Waals surface area contributed by atoms with Gasteiger partial charge in [0.25, 0.3) is 0 Å². The van der Waals surface area contributed by atoms with Gasteiger partial charge in [-0.3, -0.25) is 0 Å². The van der Waals surface area contributed by atoms with Gasteiger partial charge in [-0.15, -0.1) is 0 Å². The van der Waals surface area contributed by atoms with Crippen LogP contribution >= 0.6 is 0 Å². The molecule has 0 aliphatic heterocycles. The van der Waals surface area contributed by atoms with E-state index < -0.39 is 0 Å². The van der Waals surface area contributed by atoms with Crippen molar-refractivity contribution in [3.63, 3.8) is 0 Å². The van der Waals surface area contributed by atoms with Crippen molar-refractivity contribution in [1.29, 1.82) is 0 Å². The second-order valence-corrected chi connectivity index (χ2v) is 4.25. The van der Waals surface area contributed by atoms with E-state index in [0.717, 1.165) is 5.56 Å². The van der Waals surface area contributed by atoms with Gasteiger partial charge in [-0.1, -0.05) is 30.3 Å². The van der Waals surface area contributed by atoms with E-state index in [-0.39, 0.29) is 18.6 Å². The first-order valence-electron chi connectivity index (χ1n) is 6.44. The van der Waals surface area contributed by atoms with E-state index in [2.05, 4.69) is 10.6 Å². The minimum atomic E-state index is -0.212. The number of hydrogen-bond acceptors (Lipinski definition) is 3. The van der Waals surface area contributed by atoms with E-state index >= 15 is 0 Å². The molecule has 0 aliphatic rings. The lowest BCUT2D eigenvalue weighted by atomic mass is 9.96. The highest BCUT2D eigenvalue weighted by Crippen LogP contribution is 2.17. The molecule has 0 aliphatic carbocycles. The Balaban J connectivity index is 2.40. The summed E-state index contributed by atoms with van der Waals surface area (Å²) in [7, 11) is 1.59. The van der Waals surface area contributed by atoms with Gasteiger partial charge in [0.2, 0.25) is 0 Å². The molecule has 0 aromatic heterocycles. The first-order chi connectivity index (χ1) is 9.27. The molecule has 3 N–H and O–H groups in total. The van der Waals surface area contributed by atoms with E-state index in [4.69, 9.17) is 9.84 Å². The monoisotopic (exact) mass is 266 g/mol. The molecule has 0 saturated heterocycles. The second kappa shape index (κ2) is 9.35. The highest BCUT2D eigenvalue weighted by atomic mass is 16.5. The van der Waals surface area contributed by atoms with Gasteiger partial charge in [-0.2, -0.15) is 0 Å². The average molecular weight is 266 g/mol. The Labute approximate surface area is 114 Å². The number of aliphatic hydroxyl groups excluding tert-OH is 1. The average Bonchev–Trinajstić information content (AvgIpc) is 2.44. The highest BCUT2D eigenvalue weighted by Gasteiger charge is 2.11. The van der Waals surface area contributed by atoms with E-state index in [1.165, 1.54) is 0 Å². The summed E-state index contributed by atoms with van der Waals surface area (Å²) in [6.07, 6.45) is 0.627. The van der Waals surface area contributed by atoms with Gasteiger partial charge in [-0.05, 0) is 12.0 Å². The van der Waals surface area contributed by atoms with Crippen molar-refractivity contribution in [3.8, 4) is 0 Å². The molecule has 0 unspecified atom stereocenters. The quantitative estimate of drug-likeness (QED) is 0.617. The first-order valence-corrected chi connectivity index (χ1v) is 6.44. The number of carbonyl (C=O) groups is 1. The molecule has 0 heterocycles. The molecule has 0 bridgehead atoms. The Hall–Kier alpha value is -1.59. The topological polar surface area (TPSA) is 70.6 Å². The van der Waals surface area contributed by atoms with Crippen LogP contribution in [-0.4, -0.2) is 44.6 Å². The van der Waals surface area contributed by atoms with Gasteiger partial charge >= 0.3 is 6.03 Å². The van der Waals surface area contributed by atoms with Crippen LogP contribution in [0.1, 0.15) is 17.9 Å². The fourth-order valence-electron chi connectivity index (χ4n) is 1.81. The van der Waals surface area contributed by atoms with Gasteiger partial charge < -0.3 is 20.5 Å². The van der Waals surface area contributed by atoms with Crippen molar-refractivity contribution in [2.45, 2.75) is 12.3 Å². The van der Waals surface area contributed by atoms with Crippen molar-refractivity contribution in [3.05, 3.63) is 35.9 Å². The van der Waals surface area contributed by atoms with Crippen LogP contribution in [-0.2, 0) is 4.74 Å². The molecular formula is C14H22N2O3. The molecule has 1 aromatic carbocycles. The Morgan fingerprint density at radius 2 is 2.05 bits per heavy atom. The molecule has 1 atom stereocenters. The molecule has 0 fully saturated rings. The summed E-state index contributed by atoms with van der Waals surface area (Å²) in [6.45, 7) is 1.58. The third-order valence-corrected chi connectivity index (χ3v) is 2.85. The minimum Gasteiger partial charge on any atom is -0.396 e. The SMILES string of the molecule is COCCNC(=O)NC[C@H](CCO)c1ccccc1. The van der Waals surface area contributed by atoms with Gasteiger partial charge in [0.1, 0.15) is 0 Å². The van der Waals surface area contributed by atoms with Gasteiger partial charge in [0, 0.05) is 32.7 Å². The predicted molar refractivity (Wildman–Crippen MR) is 74.2 cm³/mol. The van der Waals surface area contributed by atoms with Crippen molar-refractivity contribution in [1.82, 2.24) is 10.6 Å². The van der Waals surface area contributed by atoms with Crippen LogP contribution in [0.3, 0.4) is 0 Å². The van der Waals surface area contributed by atoms with Gasteiger partial charge in [0.15, 0.2) is 0 Å². The summed E-state index contributed by atoms with van der Waals surface area (Å²) in [4.78, 5) is 11.5. The molecule has 0 spiro atoms. The lowest BCUT2D eigenvalue weighted by Gasteiger charge is -2.17. The Bertz CT molecular complexity index is 357. The molecule has 5 heteroatoms. The third-order valence-electron chi connectivity index (χ3n) is 2.85. The smallest absolute Gasteiger partial charge is 0.314 e. The number of nitrogens with one attached hydrogen (secondary N) is 2. The number of ether oxygens (including phenoxy) is 1. The number of urea groups is 1. The maximum Gasteiger partial charge on any atom is 0.314 e. The van der Waals surface area contributed by atoms with Crippen molar-refractivity contribution in [2.75, 3.05) is 33.4 Å². The summed E-state index contributed by atoms with van der Waals surface area (Å²) in [5, 5.41) is 14.6. The van der Waals surface area contributed by atoms with Crippen molar-refractivity contribution < 1.29 is 14.6 Å². The largest absolute Gasteiger partial charge is 0.396 e. The lowest BCUT2D eigenvalue weighted by Crippen LogP contribution is -2.39. The van der Waals surface area contributed by atoms with Crippen molar-refractivity contribution >= 4 is 6.03 Å². The number of carbonyl (C=O) groups excluding carboxylic acids is 1. The number of rotatable bonds is 8. The first kappa shape index (κ1) is 15.5. The molecule has 1 rings (SSSR count). The van der Waals surface area contributed by atoms with E-state index in [1.54, 1.807) is 7.11 Å². The van der Waals surface area contributed by atoms with Crippen LogP contribution in [0.4, 0.5) is 4.79 Å². The van der Waals surface area contributed by atoms with Crippen LogP contribution in [0.15, 0.2) is 30.3 Å². The number of aliphatic hydroxyl groups is 1. The van der Waals surface area contributed by atoms with Crippen molar-refractivity contribution in [2.24, 2.45) is 0 Å². The van der Waals surface area contributed by atoms with E-state index in [9.17, 15) is 4.79 Å². The zero-order valence-electron chi connectivity index (χ0n) is 11.3. The number of amides is 2. The molecule has 5 nitrogen and oxygen atoms in total. The molecule has 19 heavy (non-hydrogen) atoms. The molecule has 106 valence electrons. The minimum absolute atomic E-state index is 0.104. The summed E-state index contributed by atoms with van der Waals surface area (Å²) < 4.78 is 4.85. The zero-order valence-corrected chi connectivity index (χ0v) is 11.3. The molecule has 2 amide bonds. The Kier molecular flexibility index (Phi) is 7.62. The zero-order chi connectivity index (χ0) is 13.9. The fourth-order valence-corrected chi connectivity index (χ4v) is 1.81.